The maximum atomic E-state index is 12.9. The summed E-state index contributed by atoms with van der Waals surface area (Å²) in [5.74, 6) is 2.95. The fourth-order valence-corrected chi connectivity index (χ4v) is 7.85. The number of benzene rings is 1. The van der Waals surface area contributed by atoms with Gasteiger partial charge in [0.25, 0.3) is 0 Å². The van der Waals surface area contributed by atoms with Crippen molar-refractivity contribution in [3.8, 4) is 11.6 Å². The average Bonchev–Trinajstić information content (AvgIpc) is 3.76. The van der Waals surface area contributed by atoms with Crippen molar-refractivity contribution in [2.45, 2.75) is 78.6 Å². The van der Waals surface area contributed by atoms with Gasteiger partial charge in [-0.3, -0.25) is 4.57 Å². The lowest BCUT2D eigenvalue weighted by atomic mass is 9.88. The molecule has 40 heavy (non-hydrogen) atoms. The van der Waals surface area contributed by atoms with Crippen LogP contribution in [-0.4, -0.2) is 51.2 Å². The molecule has 1 unspecified atom stereocenters. The van der Waals surface area contributed by atoms with Gasteiger partial charge >= 0.3 is 0 Å². The lowest BCUT2D eigenvalue weighted by Gasteiger charge is -2.35. The third kappa shape index (κ3) is 9.24. The second kappa shape index (κ2) is 13.7. The molecular formula is C33H51N2O4P. The zero-order chi connectivity index (χ0) is 28.8. The van der Waals surface area contributed by atoms with E-state index < -0.39 is 7.37 Å². The highest BCUT2D eigenvalue weighted by Crippen LogP contribution is 2.53. The summed E-state index contributed by atoms with van der Waals surface area (Å²) in [7, 11) is -0.861. The minimum atomic E-state index is -2.61. The first-order valence-electron chi connectivity index (χ1n) is 15.3. The number of piperidine rings is 1. The molecule has 0 radical (unpaired) electrons. The van der Waals surface area contributed by atoms with Crippen LogP contribution in [0.2, 0.25) is 0 Å². The number of rotatable bonds is 14. The van der Waals surface area contributed by atoms with Gasteiger partial charge < -0.3 is 18.9 Å². The third-order valence-corrected chi connectivity index (χ3v) is 10.3. The van der Waals surface area contributed by atoms with E-state index in [-0.39, 0.29) is 5.92 Å². The highest BCUT2D eigenvalue weighted by Gasteiger charge is 2.36. The molecular weight excluding hydrogens is 519 g/mol. The molecule has 2 aliphatic rings. The lowest BCUT2D eigenvalue weighted by Crippen LogP contribution is -2.36. The van der Waals surface area contributed by atoms with E-state index in [1.54, 1.807) is 13.8 Å². The zero-order valence-electron chi connectivity index (χ0n) is 25.7. The average molecular weight is 571 g/mol. The third-order valence-electron chi connectivity index (χ3n) is 8.40. The molecule has 1 aliphatic carbocycles. The maximum Gasteiger partial charge on any atom is 0.213 e. The molecule has 0 N–H and O–H groups in total. The second-order valence-corrected chi connectivity index (χ2v) is 15.8. The summed E-state index contributed by atoms with van der Waals surface area (Å²) in [5.41, 5.74) is 4.29. The van der Waals surface area contributed by atoms with Crippen molar-refractivity contribution in [1.29, 1.82) is 0 Å². The minimum absolute atomic E-state index is 0.247. The van der Waals surface area contributed by atoms with Gasteiger partial charge in [0, 0.05) is 49.9 Å². The van der Waals surface area contributed by atoms with Crippen molar-refractivity contribution in [2.24, 2.45) is 17.3 Å². The fourth-order valence-electron chi connectivity index (χ4n) is 5.97. The fraction of sp³-hybridized carbons (Fsp3) is 0.667. The van der Waals surface area contributed by atoms with Crippen LogP contribution >= 0.6 is 7.37 Å². The summed E-state index contributed by atoms with van der Waals surface area (Å²) in [5, 5.41) is 0. The highest BCUT2D eigenvalue weighted by molar-refractivity contribution is 7.58. The molecule has 2 heterocycles. The molecule has 2 fully saturated rings. The summed E-state index contributed by atoms with van der Waals surface area (Å²) in [6.45, 7) is 13.9. The van der Waals surface area contributed by atoms with E-state index >= 15 is 0 Å². The van der Waals surface area contributed by atoms with E-state index in [1.165, 1.54) is 42.5 Å². The molecule has 1 saturated carbocycles. The van der Waals surface area contributed by atoms with Gasteiger partial charge in [-0.2, -0.15) is 0 Å². The summed E-state index contributed by atoms with van der Waals surface area (Å²) < 4.78 is 30.4. The molecule has 0 spiro atoms. The van der Waals surface area contributed by atoms with Crippen molar-refractivity contribution in [1.82, 2.24) is 4.98 Å². The van der Waals surface area contributed by atoms with Crippen LogP contribution in [0.15, 0.2) is 36.5 Å². The molecule has 6 nitrogen and oxygen atoms in total. The number of hydrogen-bond donors (Lipinski definition) is 0. The molecule has 0 bridgehead atoms. The van der Waals surface area contributed by atoms with E-state index in [0.717, 1.165) is 38.1 Å². The van der Waals surface area contributed by atoms with Gasteiger partial charge in [0.1, 0.15) is 5.75 Å². The van der Waals surface area contributed by atoms with Crippen molar-refractivity contribution in [2.75, 3.05) is 51.1 Å². The summed E-state index contributed by atoms with van der Waals surface area (Å²) in [6, 6.07) is 10.7. The van der Waals surface area contributed by atoms with Crippen LogP contribution in [0.4, 0.5) is 5.69 Å². The van der Waals surface area contributed by atoms with Gasteiger partial charge in [-0.05, 0) is 98.3 Å². The van der Waals surface area contributed by atoms with Gasteiger partial charge in [-0.25, -0.2) is 4.98 Å². The van der Waals surface area contributed by atoms with Gasteiger partial charge in [0.15, 0.2) is 0 Å². The number of hydrogen-bond acceptors (Lipinski definition) is 6. The standard InChI is InChI=1S/C33H51N2O4P/c1-7-39-40(6,36)24-30(26-10-11-26)28-14-18-34-32(21-28)38-23-25-15-19-35(20-16-25)31-22-29(37-5)13-12-27(31)9-8-17-33(2,3)4/h12-14,18,21-22,25-26,30H,7-11,15-17,19-20,23-24H2,1-6H3/t30-,40?/m0/s1. The Hall–Kier alpha value is -2.04. The van der Waals surface area contributed by atoms with E-state index in [1.807, 2.05) is 13.1 Å². The Morgan fingerprint density at radius 2 is 1.85 bits per heavy atom. The van der Waals surface area contributed by atoms with E-state index in [0.29, 0.717) is 42.5 Å². The van der Waals surface area contributed by atoms with E-state index in [2.05, 4.69) is 61.0 Å². The topological polar surface area (TPSA) is 60.9 Å². The number of nitrogens with zero attached hydrogens (tertiary/aromatic N) is 2. The van der Waals surface area contributed by atoms with Crippen molar-refractivity contribution >= 4 is 13.1 Å². The van der Waals surface area contributed by atoms with E-state index in [9.17, 15) is 4.57 Å². The number of aryl methyl sites for hydroxylation is 1. The monoisotopic (exact) mass is 570 g/mol. The Labute approximate surface area is 242 Å². The molecule has 2 aromatic rings. The van der Waals surface area contributed by atoms with Gasteiger partial charge in [0.05, 0.1) is 20.3 Å². The minimum Gasteiger partial charge on any atom is -0.497 e. The lowest BCUT2D eigenvalue weighted by molar-refractivity contribution is 0.216. The Morgan fingerprint density at radius 3 is 2.50 bits per heavy atom. The molecule has 1 aliphatic heterocycles. The van der Waals surface area contributed by atoms with Gasteiger partial charge in [-0.1, -0.05) is 26.8 Å². The normalized spacial score (nSPS) is 18.8. The number of anilines is 1. The molecule has 0 amide bonds. The summed E-state index contributed by atoms with van der Waals surface area (Å²) >= 11 is 0. The van der Waals surface area contributed by atoms with Crippen molar-refractivity contribution in [3.05, 3.63) is 47.7 Å². The van der Waals surface area contributed by atoms with E-state index in [4.69, 9.17) is 14.0 Å². The van der Waals surface area contributed by atoms with Crippen molar-refractivity contribution in [3.63, 3.8) is 0 Å². The smallest absolute Gasteiger partial charge is 0.213 e. The Bertz CT molecular complexity index is 1140. The second-order valence-electron chi connectivity index (χ2n) is 13.1. The summed E-state index contributed by atoms with van der Waals surface area (Å²) in [6.07, 6.45) is 10.5. The molecule has 1 saturated heterocycles. The number of ether oxygens (including phenoxy) is 2. The van der Waals surface area contributed by atoms with Crippen LogP contribution in [0.3, 0.4) is 0 Å². The highest BCUT2D eigenvalue weighted by atomic mass is 31.2. The van der Waals surface area contributed by atoms with Crippen LogP contribution in [0.25, 0.3) is 0 Å². The van der Waals surface area contributed by atoms with Gasteiger partial charge in [-0.15, -0.1) is 0 Å². The number of aromatic nitrogens is 1. The van der Waals surface area contributed by atoms with Crippen LogP contribution < -0.4 is 14.4 Å². The molecule has 2 atom stereocenters. The van der Waals surface area contributed by atoms with Crippen LogP contribution in [-0.2, 0) is 15.5 Å². The van der Waals surface area contributed by atoms with Crippen molar-refractivity contribution < 1.29 is 18.6 Å². The molecule has 222 valence electrons. The molecule has 7 heteroatoms. The SMILES string of the molecule is CCOP(C)(=O)C[C@H](c1ccnc(OCC2CCN(c3cc(OC)ccc3CCCC(C)(C)C)CC2)c1)C1CC1. The summed E-state index contributed by atoms with van der Waals surface area (Å²) in [4.78, 5) is 7.04. The Balaban J connectivity index is 1.33. The zero-order valence-corrected chi connectivity index (χ0v) is 26.6. The quantitative estimate of drug-likeness (QED) is 0.213. The van der Waals surface area contributed by atoms with Crippen LogP contribution in [0.1, 0.15) is 83.3 Å². The first-order valence-corrected chi connectivity index (χ1v) is 17.5. The Kier molecular flexibility index (Phi) is 10.6. The van der Waals surface area contributed by atoms with Crippen LogP contribution in [0, 0.1) is 17.3 Å². The first-order chi connectivity index (χ1) is 19.1. The predicted octanol–water partition coefficient (Wildman–Crippen LogP) is 8.19. The number of methoxy groups -OCH3 is 1. The largest absolute Gasteiger partial charge is 0.497 e. The molecule has 1 aromatic heterocycles. The number of pyridine rings is 1. The van der Waals surface area contributed by atoms with Gasteiger partial charge in [0.2, 0.25) is 13.2 Å². The predicted molar refractivity (Wildman–Crippen MR) is 166 cm³/mol. The first kappa shape index (κ1) is 30.9. The van der Waals surface area contributed by atoms with Crippen LogP contribution in [0.5, 0.6) is 11.6 Å². The molecule has 1 aromatic carbocycles. The Morgan fingerprint density at radius 1 is 1.10 bits per heavy atom. The maximum absolute atomic E-state index is 12.9. The molecule has 4 rings (SSSR count).